The predicted octanol–water partition coefficient (Wildman–Crippen LogP) is 3.56. The second-order valence-corrected chi connectivity index (χ2v) is 7.28. The van der Waals surface area contributed by atoms with E-state index in [-0.39, 0.29) is 12.2 Å². The number of hydrogen-bond donors (Lipinski definition) is 0. The number of hydrogen-bond acceptors (Lipinski definition) is 5. The van der Waals surface area contributed by atoms with Crippen molar-refractivity contribution in [1.82, 2.24) is 19.7 Å². The summed E-state index contributed by atoms with van der Waals surface area (Å²) in [6.07, 6.45) is 0.335. The van der Waals surface area contributed by atoms with Crippen LogP contribution in [0.3, 0.4) is 0 Å². The molecule has 0 aliphatic carbocycles. The minimum atomic E-state index is 0.168. The van der Waals surface area contributed by atoms with Gasteiger partial charge in [-0.15, -0.1) is 0 Å². The van der Waals surface area contributed by atoms with E-state index in [0.29, 0.717) is 5.82 Å². The average Bonchev–Trinajstić information content (AvgIpc) is 2.99. The van der Waals surface area contributed by atoms with Crippen molar-refractivity contribution in [1.29, 1.82) is 0 Å². The van der Waals surface area contributed by atoms with Crippen LogP contribution in [0.15, 0.2) is 42.5 Å². The first-order valence-corrected chi connectivity index (χ1v) is 9.38. The van der Waals surface area contributed by atoms with Crippen molar-refractivity contribution in [3.63, 3.8) is 0 Å². The van der Waals surface area contributed by atoms with Crippen LogP contribution in [0.5, 0.6) is 0 Å². The summed E-state index contributed by atoms with van der Waals surface area (Å²) in [6.45, 7) is 9.87. The lowest BCUT2D eigenvalue weighted by molar-refractivity contribution is -0.00546. The molecule has 0 unspecified atom stereocenters. The van der Waals surface area contributed by atoms with Gasteiger partial charge in [-0.3, -0.25) is 0 Å². The van der Waals surface area contributed by atoms with Crippen molar-refractivity contribution < 1.29 is 4.74 Å². The molecule has 0 spiro atoms. The molecule has 2 aromatic heterocycles. The number of rotatable bonds is 3. The average molecular weight is 363 g/mol. The molecule has 1 aliphatic rings. The van der Waals surface area contributed by atoms with Gasteiger partial charge in [0, 0.05) is 30.4 Å². The molecule has 6 nitrogen and oxygen atoms in total. The first kappa shape index (κ1) is 17.7. The summed E-state index contributed by atoms with van der Waals surface area (Å²) in [5.41, 5.74) is 3.03. The molecule has 1 fully saturated rings. The monoisotopic (exact) mass is 363 g/mol. The van der Waals surface area contributed by atoms with Crippen LogP contribution in [0.25, 0.3) is 17.2 Å². The van der Waals surface area contributed by atoms with Crippen molar-refractivity contribution in [2.75, 3.05) is 18.0 Å². The largest absolute Gasteiger partial charge is 0.372 e. The molecular weight excluding hydrogens is 338 g/mol. The standard InChI is InChI=1S/C21H25N5O/c1-14-10-15(2)26(24-14)20-11-19(25-12-16(3)27-17(4)13-25)22-21(23-20)18-8-6-5-7-9-18/h5-11,16-17H,12-13H2,1-4H3/t16-,17-/m1/s1. The minimum Gasteiger partial charge on any atom is -0.372 e. The second-order valence-electron chi connectivity index (χ2n) is 7.28. The number of nitrogens with zero attached hydrogens (tertiary/aromatic N) is 5. The molecule has 0 saturated carbocycles. The van der Waals surface area contributed by atoms with Crippen LogP contribution in [0.4, 0.5) is 5.82 Å². The van der Waals surface area contributed by atoms with Crippen molar-refractivity contribution >= 4 is 5.82 Å². The van der Waals surface area contributed by atoms with E-state index < -0.39 is 0 Å². The zero-order valence-corrected chi connectivity index (χ0v) is 16.3. The Balaban J connectivity index is 1.83. The molecule has 1 aromatic carbocycles. The molecule has 1 saturated heterocycles. The Kier molecular flexibility index (Phi) is 4.66. The highest BCUT2D eigenvalue weighted by atomic mass is 16.5. The van der Waals surface area contributed by atoms with E-state index in [1.54, 1.807) is 0 Å². The Hall–Kier alpha value is -2.73. The third-order valence-corrected chi connectivity index (χ3v) is 4.70. The van der Waals surface area contributed by atoms with Gasteiger partial charge in [-0.2, -0.15) is 5.10 Å². The molecule has 0 radical (unpaired) electrons. The van der Waals surface area contributed by atoms with Crippen molar-refractivity contribution in [3.8, 4) is 17.2 Å². The van der Waals surface area contributed by atoms with Gasteiger partial charge in [0.1, 0.15) is 5.82 Å². The highest BCUT2D eigenvalue weighted by Gasteiger charge is 2.24. The number of aromatic nitrogens is 4. The third kappa shape index (κ3) is 3.71. The number of ether oxygens (including phenoxy) is 1. The molecule has 2 atom stereocenters. The first-order chi connectivity index (χ1) is 13.0. The van der Waals surface area contributed by atoms with Crippen LogP contribution in [-0.4, -0.2) is 45.0 Å². The highest BCUT2D eigenvalue weighted by molar-refractivity contribution is 5.60. The maximum Gasteiger partial charge on any atom is 0.163 e. The molecule has 0 amide bonds. The quantitative estimate of drug-likeness (QED) is 0.712. The van der Waals surface area contributed by atoms with Crippen LogP contribution in [-0.2, 0) is 4.74 Å². The maximum absolute atomic E-state index is 5.89. The van der Waals surface area contributed by atoms with E-state index in [4.69, 9.17) is 14.7 Å². The van der Waals surface area contributed by atoms with Crippen LogP contribution in [0.2, 0.25) is 0 Å². The normalized spacial score (nSPS) is 20.1. The number of benzene rings is 1. The van der Waals surface area contributed by atoms with E-state index in [0.717, 1.165) is 41.7 Å². The molecule has 1 aliphatic heterocycles. The zero-order valence-electron chi connectivity index (χ0n) is 16.3. The van der Waals surface area contributed by atoms with Gasteiger partial charge >= 0.3 is 0 Å². The summed E-state index contributed by atoms with van der Waals surface area (Å²) in [5.74, 6) is 2.41. The molecule has 6 heteroatoms. The fourth-order valence-electron chi connectivity index (χ4n) is 3.63. The first-order valence-electron chi connectivity index (χ1n) is 9.38. The fourth-order valence-corrected chi connectivity index (χ4v) is 3.63. The molecule has 140 valence electrons. The number of anilines is 1. The van der Waals surface area contributed by atoms with Crippen molar-refractivity contribution in [2.24, 2.45) is 0 Å². The van der Waals surface area contributed by atoms with Crippen LogP contribution < -0.4 is 4.90 Å². The van der Waals surface area contributed by atoms with Gasteiger partial charge in [-0.25, -0.2) is 14.6 Å². The molecule has 3 heterocycles. The molecule has 27 heavy (non-hydrogen) atoms. The van der Waals surface area contributed by atoms with Gasteiger partial charge in [0.25, 0.3) is 0 Å². The molecule has 3 aromatic rings. The van der Waals surface area contributed by atoms with Gasteiger partial charge in [0.2, 0.25) is 0 Å². The topological polar surface area (TPSA) is 56.1 Å². The van der Waals surface area contributed by atoms with E-state index in [9.17, 15) is 0 Å². The summed E-state index contributed by atoms with van der Waals surface area (Å²) in [5, 5.41) is 4.61. The summed E-state index contributed by atoms with van der Waals surface area (Å²) in [7, 11) is 0. The van der Waals surface area contributed by atoms with Crippen LogP contribution in [0.1, 0.15) is 25.2 Å². The van der Waals surface area contributed by atoms with Crippen molar-refractivity contribution in [2.45, 2.75) is 39.9 Å². The van der Waals surface area contributed by atoms with Gasteiger partial charge in [0.15, 0.2) is 11.6 Å². The van der Waals surface area contributed by atoms with Crippen molar-refractivity contribution in [3.05, 3.63) is 53.9 Å². The molecule has 0 bridgehead atoms. The zero-order chi connectivity index (χ0) is 19.0. The summed E-state index contributed by atoms with van der Waals surface area (Å²) in [4.78, 5) is 12.0. The summed E-state index contributed by atoms with van der Waals surface area (Å²) < 4.78 is 7.78. The van der Waals surface area contributed by atoms with Crippen LogP contribution >= 0.6 is 0 Å². The number of morpholine rings is 1. The highest BCUT2D eigenvalue weighted by Crippen LogP contribution is 2.25. The maximum atomic E-state index is 5.89. The lowest BCUT2D eigenvalue weighted by Crippen LogP contribution is -2.46. The minimum absolute atomic E-state index is 0.168. The SMILES string of the molecule is Cc1cc(C)n(-c2cc(N3C[C@@H](C)O[C@H](C)C3)nc(-c3ccccc3)n2)n1. The van der Waals surface area contributed by atoms with E-state index in [1.807, 2.05) is 54.9 Å². The Morgan fingerprint density at radius 3 is 2.22 bits per heavy atom. The molecule has 4 rings (SSSR count). The van der Waals surface area contributed by atoms with Gasteiger partial charge in [0.05, 0.1) is 17.9 Å². The summed E-state index contributed by atoms with van der Waals surface area (Å²) in [6, 6.07) is 14.2. The second kappa shape index (κ2) is 7.12. The Labute approximate surface area is 159 Å². The number of aryl methyl sites for hydroxylation is 2. The van der Waals surface area contributed by atoms with E-state index in [2.05, 4.69) is 29.9 Å². The predicted molar refractivity (Wildman–Crippen MR) is 106 cm³/mol. The Bertz CT molecular complexity index is 927. The summed E-state index contributed by atoms with van der Waals surface area (Å²) >= 11 is 0. The van der Waals surface area contributed by atoms with Gasteiger partial charge in [-0.1, -0.05) is 30.3 Å². The molecule has 0 N–H and O–H groups in total. The Morgan fingerprint density at radius 1 is 0.926 bits per heavy atom. The van der Waals surface area contributed by atoms with Crippen LogP contribution in [0, 0.1) is 13.8 Å². The van der Waals surface area contributed by atoms with E-state index in [1.165, 1.54) is 0 Å². The van der Waals surface area contributed by atoms with E-state index >= 15 is 0 Å². The van der Waals surface area contributed by atoms with Gasteiger partial charge in [-0.05, 0) is 33.8 Å². The lowest BCUT2D eigenvalue weighted by Gasteiger charge is -2.36. The lowest BCUT2D eigenvalue weighted by atomic mass is 10.2. The fraction of sp³-hybridized carbons (Fsp3) is 0.381. The smallest absolute Gasteiger partial charge is 0.163 e. The molecular formula is C21H25N5O. The Morgan fingerprint density at radius 2 is 1.59 bits per heavy atom. The van der Waals surface area contributed by atoms with Gasteiger partial charge < -0.3 is 9.64 Å². The third-order valence-electron chi connectivity index (χ3n) is 4.70.